The van der Waals surface area contributed by atoms with Crippen LogP contribution >= 0.6 is 0 Å². The van der Waals surface area contributed by atoms with E-state index in [4.69, 9.17) is 5.11 Å². The summed E-state index contributed by atoms with van der Waals surface area (Å²) < 4.78 is 1.22. The summed E-state index contributed by atoms with van der Waals surface area (Å²) in [7, 11) is 0. The van der Waals surface area contributed by atoms with Gasteiger partial charge in [0.2, 0.25) is 0 Å². The van der Waals surface area contributed by atoms with Crippen LogP contribution in [0.15, 0.2) is 9.93 Å². The molecule has 0 heterocycles. The minimum atomic E-state index is -0.982. The molecule has 1 N–H and O–H groups in total. The third-order valence-corrected chi connectivity index (χ3v) is 5.22. The molecule has 70 valence electrons. The molecule has 0 fully saturated rings. The number of allylic oxidation sites excluding steroid dienone is 1. The summed E-state index contributed by atoms with van der Waals surface area (Å²) in [6.07, 6.45) is 2.01. The Bertz CT molecular complexity index is 195. The van der Waals surface area contributed by atoms with Crippen LogP contribution in [0.5, 0.6) is 0 Å². The fourth-order valence-electron chi connectivity index (χ4n) is 1.11. The molecule has 0 aromatic rings. The summed E-state index contributed by atoms with van der Waals surface area (Å²) in [5.41, 5.74) is 4.95. The van der Waals surface area contributed by atoms with E-state index in [1.165, 1.54) is 4.36 Å². The van der Waals surface area contributed by atoms with E-state index in [1.807, 2.05) is 0 Å². The van der Waals surface area contributed by atoms with Crippen LogP contribution in [0.25, 0.3) is 0 Å². The molecule has 0 aromatic carbocycles. The fraction of sp³-hybridized carbons (Fsp3) is 0.667. The summed E-state index contributed by atoms with van der Waals surface area (Å²) in [6.45, 7) is 3.81. The minimum absolute atomic E-state index is 0.585. The topological polar surface area (TPSA) is 37.3 Å². The van der Waals surface area contributed by atoms with E-state index in [2.05, 4.69) is 18.3 Å². The van der Waals surface area contributed by atoms with Crippen molar-refractivity contribution in [1.82, 2.24) is 0 Å². The molecule has 0 saturated heterocycles. The molecule has 2 nitrogen and oxygen atoms in total. The molecule has 0 saturated carbocycles. The van der Waals surface area contributed by atoms with Crippen LogP contribution in [0, 0.1) is 0 Å². The first kappa shape index (κ1) is 11.8. The van der Waals surface area contributed by atoms with Gasteiger partial charge in [-0.15, -0.1) is 0 Å². The van der Waals surface area contributed by atoms with Crippen LogP contribution in [0.1, 0.15) is 26.7 Å². The number of carboxylic acid groups (broad SMARTS) is 1. The van der Waals surface area contributed by atoms with Crippen molar-refractivity contribution >= 4 is 20.6 Å². The number of carbonyl (C=O) groups is 1. The Morgan fingerprint density at radius 2 is 1.92 bits per heavy atom. The van der Waals surface area contributed by atoms with Crippen LogP contribution in [0.4, 0.5) is 0 Å². The summed E-state index contributed by atoms with van der Waals surface area (Å²) in [4.78, 5) is 10.7. The van der Waals surface area contributed by atoms with Gasteiger partial charge < -0.3 is 0 Å². The molecule has 0 rings (SSSR count). The summed E-state index contributed by atoms with van der Waals surface area (Å²) in [5, 5.41) is 8.79. The second-order valence-electron chi connectivity index (χ2n) is 3.02. The van der Waals surface area contributed by atoms with E-state index in [1.54, 1.807) is 6.92 Å². The molecule has 0 aliphatic rings. The van der Waals surface area contributed by atoms with Gasteiger partial charge in [0.1, 0.15) is 0 Å². The number of rotatable bonds is 4. The first-order valence-corrected chi connectivity index (χ1v) is 8.80. The SMILES string of the molecule is CCC/C(=C(/C)C(=O)O)[As](C)C. The zero-order valence-corrected chi connectivity index (χ0v) is 10.1. The van der Waals surface area contributed by atoms with Crippen molar-refractivity contribution in [2.24, 2.45) is 0 Å². The maximum atomic E-state index is 10.7. The molecule has 0 amide bonds. The average Bonchev–Trinajstić information content (AvgIpc) is 1.98. The van der Waals surface area contributed by atoms with Gasteiger partial charge in [0.05, 0.1) is 0 Å². The van der Waals surface area contributed by atoms with Crippen LogP contribution < -0.4 is 0 Å². The number of aliphatic carboxylic acids is 1. The zero-order chi connectivity index (χ0) is 9.72. The Morgan fingerprint density at radius 3 is 2.17 bits per heavy atom. The van der Waals surface area contributed by atoms with E-state index in [-0.39, 0.29) is 0 Å². The molecular formula is C9H17AsO2. The van der Waals surface area contributed by atoms with Gasteiger partial charge in [-0.25, -0.2) is 0 Å². The van der Waals surface area contributed by atoms with Gasteiger partial charge in [-0.1, -0.05) is 0 Å². The number of hydrogen-bond acceptors (Lipinski definition) is 1. The van der Waals surface area contributed by atoms with Crippen LogP contribution in [0.2, 0.25) is 11.4 Å². The molecule has 0 aliphatic carbocycles. The third kappa shape index (κ3) is 3.44. The summed E-state index contributed by atoms with van der Waals surface area (Å²) in [6, 6.07) is 0. The Kier molecular flexibility index (Phi) is 5.32. The maximum absolute atomic E-state index is 10.7. The molecule has 0 atom stereocenters. The molecule has 0 unspecified atom stereocenters. The van der Waals surface area contributed by atoms with Crippen molar-refractivity contribution in [3.63, 3.8) is 0 Å². The molecule has 12 heavy (non-hydrogen) atoms. The van der Waals surface area contributed by atoms with E-state index < -0.39 is 20.6 Å². The second-order valence-corrected chi connectivity index (χ2v) is 7.91. The predicted molar refractivity (Wildman–Crippen MR) is 52.7 cm³/mol. The van der Waals surface area contributed by atoms with Gasteiger partial charge in [0.25, 0.3) is 0 Å². The van der Waals surface area contributed by atoms with Crippen LogP contribution in [-0.2, 0) is 4.79 Å². The standard InChI is InChI=1S/C9H17AsO2/c1-5-6-8(10(3)4)7(2)9(11)12/h5-6H2,1-4H3,(H,11,12)/b8-7+. The molecule has 0 radical (unpaired) electrons. The first-order chi connectivity index (χ1) is 5.50. The van der Waals surface area contributed by atoms with Gasteiger partial charge in [-0.3, -0.25) is 0 Å². The summed E-state index contributed by atoms with van der Waals surface area (Å²) >= 11 is -0.982. The molecule has 0 spiro atoms. The van der Waals surface area contributed by atoms with E-state index in [9.17, 15) is 4.79 Å². The van der Waals surface area contributed by atoms with E-state index in [0.29, 0.717) is 5.57 Å². The van der Waals surface area contributed by atoms with Gasteiger partial charge in [-0.2, -0.15) is 0 Å². The second kappa shape index (κ2) is 5.42. The normalized spacial score (nSPS) is 13.1. The molecule has 0 aliphatic heterocycles. The molecule has 0 bridgehead atoms. The quantitative estimate of drug-likeness (QED) is 0.597. The van der Waals surface area contributed by atoms with E-state index >= 15 is 0 Å². The Morgan fingerprint density at radius 1 is 1.42 bits per heavy atom. The van der Waals surface area contributed by atoms with Crippen molar-refractivity contribution in [3.05, 3.63) is 9.93 Å². The van der Waals surface area contributed by atoms with Crippen LogP contribution in [-0.4, -0.2) is 25.7 Å². The number of carboxylic acids is 1. The van der Waals surface area contributed by atoms with Gasteiger partial charge in [0, 0.05) is 0 Å². The molecular weight excluding hydrogens is 215 g/mol. The predicted octanol–water partition coefficient (Wildman–Crippen LogP) is 2.48. The fourth-order valence-corrected chi connectivity index (χ4v) is 4.12. The van der Waals surface area contributed by atoms with Crippen molar-refractivity contribution < 1.29 is 9.90 Å². The van der Waals surface area contributed by atoms with E-state index in [0.717, 1.165) is 12.8 Å². The zero-order valence-electron chi connectivity index (χ0n) is 8.22. The molecule has 0 aromatic heterocycles. The van der Waals surface area contributed by atoms with Gasteiger partial charge in [-0.05, 0) is 0 Å². The van der Waals surface area contributed by atoms with Crippen molar-refractivity contribution in [1.29, 1.82) is 0 Å². The Labute approximate surface area is 78.9 Å². The molecule has 3 heteroatoms. The Hall–Kier alpha value is -0.232. The Balaban J connectivity index is 4.67. The monoisotopic (exact) mass is 232 g/mol. The number of hydrogen-bond donors (Lipinski definition) is 1. The first-order valence-electron chi connectivity index (χ1n) is 4.11. The van der Waals surface area contributed by atoms with Gasteiger partial charge >= 0.3 is 78.6 Å². The van der Waals surface area contributed by atoms with Gasteiger partial charge in [0.15, 0.2) is 0 Å². The van der Waals surface area contributed by atoms with Crippen molar-refractivity contribution in [3.8, 4) is 0 Å². The summed E-state index contributed by atoms with van der Waals surface area (Å²) in [5.74, 6) is -0.749. The average molecular weight is 232 g/mol. The third-order valence-electron chi connectivity index (χ3n) is 1.78. The van der Waals surface area contributed by atoms with Crippen molar-refractivity contribution in [2.75, 3.05) is 0 Å². The van der Waals surface area contributed by atoms with Crippen LogP contribution in [0.3, 0.4) is 0 Å². The van der Waals surface area contributed by atoms with Crippen molar-refractivity contribution in [2.45, 2.75) is 38.1 Å².